The van der Waals surface area contributed by atoms with E-state index in [1.54, 1.807) is 6.92 Å². The first-order valence-corrected chi connectivity index (χ1v) is 17.8. The van der Waals surface area contributed by atoms with Crippen molar-refractivity contribution in [2.75, 3.05) is 6.61 Å². The van der Waals surface area contributed by atoms with Gasteiger partial charge in [0.2, 0.25) is 0 Å². The molecule has 0 amide bonds. The van der Waals surface area contributed by atoms with Crippen LogP contribution in [0.5, 0.6) is 0 Å². The maximum atomic E-state index is 13.1. The number of aromatic nitrogens is 2. The Morgan fingerprint density at radius 2 is 1.57 bits per heavy atom. The number of rotatable bonds is 12. The van der Waals surface area contributed by atoms with Crippen LogP contribution in [0.3, 0.4) is 0 Å². The fourth-order valence-electron chi connectivity index (χ4n) is 5.46. The van der Waals surface area contributed by atoms with Gasteiger partial charge >= 0.3 is 11.7 Å². The molecule has 44 heavy (non-hydrogen) atoms. The molecule has 1 saturated heterocycles. The summed E-state index contributed by atoms with van der Waals surface area (Å²) in [4.78, 5) is 40.3. The van der Waals surface area contributed by atoms with Crippen LogP contribution in [0.2, 0.25) is 18.1 Å². The Balaban J connectivity index is 1.87. The van der Waals surface area contributed by atoms with Gasteiger partial charge in [-0.25, -0.2) is 4.79 Å². The molecule has 0 aliphatic carbocycles. The number of H-pyrrole nitrogens is 1. The summed E-state index contributed by atoms with van der Waals surface area (Å²) in [5, 5.41) is 0. The van der Waals surface area contributed by atoms with Gasteiger partial charge in [-0.1, -0.05) is 87.4 Å². The summed E-state index contributed by atoms with van der Waals surface area (Å²) < 4.78 is 26.7. The van der Waals surface area contributed by atoms with Crippen LogP contribution in [-0.2, 0) is 37.0 Å². The van der Waals surface area contributed by atoms with Crippen LogP contribution < -0.4 is 11.2 Å². The van der Waals surface area contributed by atoms with E-state index in [1.807, 2.05) is 60.7 Å². The van der Waals surface area contributed by atoms with Crippen LogP contribution in [-0.4, -0.2) is 48.0 Å². The topological polar surface area (TPSA) is 109 Å². The van der Waals surface area contributed by atoms with E-state index in [0.717, 1.165) is 29.3 Å². The number of hydrogen-bond donors (Lipinski definition) is 1. The van der Waals surface area contributed by atoms with Gasteiger partial charge in [-0.3, -0.25) is 19.1 Å². The van der Waals surface area contributed by atoms with Crippen molar-refractivity contribution in [2.45, 2.75) is 90.0 Å². The van der Waals surface area contributed by atoms with E-state index in [2.05, 4.69) is 37.2 Å². The van der Waals surface area contributed by atoms with Crippen molar-refractivity contribution in [3.05, 3.63) is 104 Å². The molecule has 234 valence electrons. The summed E-state index contributed by atoms with van der Waals surface area (Å²) in [7, 11) is -2.01. The normalized spacial score (nSPS) is 21.4. The Morgan fingerprint density at radius 1 is 0.977 bits per heavy atom. The van der Waals surface area contributed by atoms with Crippen molar-refractivity contribution in [3.63, 3.8) is 0 Å². The Hall–Kier alpha value is -3.75. The Morgan fingerprint density at radius 3 is 2.14 bits per heavy atom. The van der Waals surface area contributed by atoms with Crippen LogP contribution in [0.25, 0.3) is 0 Å². The van der Waals surface area contributed by atoms with Crippen LogP contribution in [0.15, 0.2) is 76.4 Å². The van der Waals surface area contributed by atoms with E-state index in [0.29, 0.717) is 5.56 Å². The lowest BCUT2D eigenvalue weighted by atomic mass is 9.96. The zero-order chi connectivity index (χ0) is 31.7. The number of benzene rings is 2. The van der Waals surface area contributed by atoms with Gasteiger partial charge in [-0.05, 0) is 36.2 Å². The predicted octanol–water partition coefficient (Wildman–Crippen LogP) is 4.90. The number of nitrogens with one attached hydrogen (secondary N) is 1. The number of aromatic amines is 1. The number of ether oxygens (including phenoxy) is 4. The van der Waals surface area contributed by atoms with Crippen molar-refractivity contribution in [3.8, 4) is 11.5 Å². The molecule has 2 heterocycles. The van der Waals surface area contributed by atoms with E-state index in [9.17, 15) is 14.4 Å². The molecule has 0 radical (unpaired) electrons. The van der Waals surface area contributed by atoms with E-state index >= 15 is 0 Å². The highest BCUT2D eigenvalue weighted by Crippen LogP contribution is 2.41. The molecule has 1 aliphatic heterocycles. The monoisotopic (exact) mass is 618 g/mol. The first-order chi connectivity index (χ1) is 21.2. The fraction of sp³-hybridized carbons (Fsp3) is 0.441. The van der Waals surface area contributed by atoms with Crippen molar-refractivity contribution >= 4 is 14.0 Å². The van der Waals surface area contributed by atoms with E-state index in [1.165, 1.54) is 17.7 Å². The lowest BCUT2D eigenvalue weighted by Crippen LogP contribution is -2.49. The van der Waals surface area contributed by atoms with E-state index < -0.39 is 49.3 Å². The maximum absolute atomic E-state index is 13.1. The molecule has 9 nitrogen and oxygen atoms in total. The van der Waals surface area contributed by atoms with Crippen LogP contribution in [0.1, 0.15) is 50.6 Å². The molecule has 3 aromatic rings. The summed E-state index contributed by atoms with van der Waals surface area (Å²) in [6, 6.07) is 22.2. The average Bonchev–Trinajstić information content (AvgIpc) is 3.31. The van der Waals surface area contributed by atoms with Gasteiger partial charge in [0.05, 0.1) is 19.8 Å². The zero-order valence-corrected chi connectivity index (χ0v) is 27.1. The third-order valence-corrected chi connectivity index (χ3v) is 13.1. The van der Waals surface area contributed by atoms with Gasteiger partial charge < -0.3 is 18.9 Å². The summed E-state index contributed by atoms with van der Waals surface area (Å²) in [5.74, 6) is 2.90. The highest BCUT2D eigenvalue weighted by atomic mass is 28.3. The molecular formula is C34H42N2O7Si. The molecule has 1 aliphatic rings. The molecule has 4 atom stereocenters. The van der Waals surface area contributed by atoms with E-state index in [4.69, 9.17) is 18.9 Å². The molecule has 4 rings (SSSR count). The molecule has 0 unspecified atom stereocenters. The Labute approximate surface area is 259 Å². The smallest absolute Gasteiger partial charge is 0.330 e. The van der Waals surface area contributed by atoms with Crippen molar-refractivity contribution < 1.29 is 23.7 Å². The van der Waals surface area contributed by atoms with Crippen molar-refractivity contribution in [1.82, 2.24) is 9.55 Å². The Kier molecular flexibility index (Phi) is 11.2. The number of nitrogens with zero attached hydrogens (tertiary/aromatic N) is 1. The fourth-order valence-corrected chi connectivity index (χ4v) is 7.96. The third-order valence-electron chi connectivity index (χ3n) is 8.36. The predicted molar refractivity (Wildman–Crippen MR) is 171 cm³/mol. The first-order valence-electron chi connectivity index (χ1n) is 15.1. The van der Waals surface area contributed by atoms with Gasteiger partial charge in [-0.2, -0.15) is 0 Å². The van der Waals surface area contributed by atoms with Crippen molar-refractivity contribution in [2.24, 2.45) is 0 Å². The molecule has 2 aromatic carbocycles. The standard InChI is InChI=1S/C34H42N2O7Si/c1-6-44(7-2,8-3)20-19-34(24-40-22-27-15-11-9-12-16-27)30(41-23-28-17-13-10-14-18-28)29(42-26(5)37)32(43-34)36-21-25(4)31(38)35-33(36)39/h9-18,21,29-30,32H,6-8,22-24H2,1-5H3,(H,35,38,39)/t29-,30+,32-,34-/m1/s1. The van der Waals surface area contributed by atoms with E-state index in [-0.39, 0.29) is 19.8 Å². The number of esters is 1. The molecule has 1 N–H and O–H groups in total. The number of hydrogen-bond acceptors (Lipinski definition) is 7. The lowest BCUT2D eigenvalue weighted by Gasteiger charge is -2.31. The first kappa shape index (κ1) is 33.1. The average molecular weight is 619 g/mol. The Bertz CT molecular complexity index is 1570. The number of carbonyl (C=O) groups excluding carboxylic acids is 1. The molecule has 0 bridgehead atoms. The van der Waals surface area contributed by atoms with Gasteiger partial charge in [0.25, 0.3) is 5.56 Å². The second-order valence-electron chi connectivity index (χ2n) is 11.2. The van der Waals surface area contributed by atoms with Gasteiger partial charge in [-0.15, -0.1) is 5.54 Å². The van der Waals surface area contributed by atoms with Gasteiger partial charge in [0.1, 0.15) is 14.2 Å². The largest absolute Gasteiger partial charge is 0.455 e. The summed E-state index contributed by atoms with van der Waals surface area (Å²) in [6.45, 7) is 9.84. The van der Waals surface area contributed by atoms with Crippen LogP contribution in [0, 0.1) is 18.4 Å². The second kappa shape index (κ2) is 14.8. The zero-order valence-electron chi connectivity index (χ0n) is 26.1. The number of carbonyl (C=O) groups is 1. The molecule has 1 aromatic heterocycles. The minimum Gasteiger partial charge on any atom is -0.455 e. The van der Waals surface area contributed by atoms with Gasteiger partial charge in [0, 0.05) is 18.7 Å². The molecule has 1 fully saturated rings. The highest BCUT2D eigenvalue weighted by Gasteiger charge is 2.59. The minimum absolute atomic E-state index is 0.0126. The minimum atomic E-state index is -2.01. The molecule has 0 spiro atoms. The summed E-state index contributed by atoms with van der Waals surface area (Å²) in [6.07, 6.45) is -1.74. The molecule has 0 saturated carbocycles. The quantitative estimate of drug-likeness (QED) is 0.175. The van der Waals surface area contributed by atoms with Crippen molar-refractivity contribution in [1.29, 1.82) is 0 Å². The lowest BCUT2D eigenvalue weighted by molar-refractivity contribution is -0.158. The SMILES string of the molecule is CC[Si](C#C[C@]1(COCc2ccccc2)O[C@@H](n2cc(C)c(=O)[nH]c2=O)[C@H](OC(C)=O)[C@@H]1OCc1ccccc1)(CC)CC. The van der Waals surface area contributed by atoms with Gasteiger partial charge in [0.15, 0.2) is 17.9 Å². The maximum Gasteiger partial charge on any atom is 0.330 e. The summed E-state index contributed by atoms with van der Waals surface area (Å²) in [5.41, 5.74) is 3.20. The third kappa shape index (κ3) is 7.66. The van der Waals surface area contributed by atoms with Crippen LogP contribution in [0.4, 0.5) is 0 Å². The molecular weight excluding hydrogens is 576 g/mol. The van der Waals surface area contributed by atoms with Crippen LogP contribution >= 0.6 is 0 Å². The molecule has 10 heteroatoms. The highest BCUT2D eigenvalue weighted by molar-refractivity contribution is 6.87. The second-order valence-corrected chi connectivity index (χ2v) is 16.2. The summed E-state index contributed by atoms with van der Waals surface area (Å²) >= 11 is 0. The number of aryl methyl sites for hydroxylation is 1.